The SMILES string of the molecule is CCCCCCCC(C)N[C@@H](CC)CO. The zero-order valence-corrected chi connectivity index (χ0v) is 10.8. The van der Waals surface area contributed by atoms with E-state index in [1.54, 1.807) is 0 Å². The summed E-state index contributed by atoms with van der Waals surface area (Å²) >= 11 is 0. The lowest BCUT2D eigenvalue weighted by Crippen LogP contribution is -2.38. The molecule has 0 fully saturated rings. The van der Waals surface area contributed by atoms with Gasteiger partial charge in [0.15, 0.2) is 0 Å². The van der Waals surface area contributed by atoms with E-state index >= 15 is 0 Å². The number of hydrogen-bond donors (Lipinski definition) is 2. The fraction of sp³-hybridized carbons (Fsp3) is 1.00. The van der Waals surface area contributed by atoms with Crippen molar-refractivity contribution in [1.29, 1.82) is 0 Å². The first-order valence-electron chi connectivity index (χ1n) is 6.61. The van der Waals surface area contributed by atoms with Crippen molar-refractivity contribution >= 4 is 0 Å². The normalized spacial score (nSPS) is 15.2. The van der Waals surface area contributed by atoms with Crippen molar-refractivity contribution in [2.45, 2.75) is 77.8 Å². The average Bonchev–Trinajstić information content (AvgIpc) is 2.25. The Morgan fingerprint density at radius 3 is 2.27 bits per heavy atom. The third kappa shape index (κ3) is 8.88. The molecule has 2 heteroatoms. The van der Waals surface area contributed by atoms with Crippen LogP contribution >= 0.6 is 0 Å². The third-order valence-corrected chi connectivity index (χ3v) is 2.97. The number of nitrogens with one attached hydrogen (secondary N) is 1. The smallest absolute Gasteiger partial charge is 0.0584 e. The molecule has 0 amide bonds. The minimum Gasteiger partial charge on any atom is -0.395 e. The Kier molecular flexibility index (Phi) is 10.4. The van der Waals surface area contributed by atoms with Gasteiger partial charge >= 0.3 is 0 Å². The zero-order chi connectivity index (χ0) is 11.5. The summed E-state index contributed by atoms with van der Waals surface area (Å²) in [6.45, 7) is 6.84. The van der Waals surface area contributed by atoms with Crippen LogP contribution in [0.25, 0.3) is 0 Å². The number of unbranched alkanes of at least 4 members (excludes halogenated alkanes) is 4. The van der Waals surface area contributed by atoms with Crippen LogP contribution in [-0.2, 0) is 0 Å². The van der Waals surface area contributed by atoms with Crippen molar-refractivity contribution in [2.24, 2.45) is 0 Å². The summed E-state index contributed by atoms with van der Waals surface area (Å²) in [5.74, 6) is 0. The second kappa shape index (κ2) is 10.4. The molecule has 15 heavy (non-hydrogen) atoms. The van der Waals surface area contributed by atoms with E-state index in [1.807, 2.05) is 0 Å². The monoisotopic (exact) mass is 215 g/mol. The molecule has 92 valence electrons. The maximum absolute atomic E-state index is 9.05. The molecule has 0 bridgehead atoms. The Morgan fingerprint density at radius 1 is 1.07 bits per heavy atom. The molecule has 0 spiro atoms. The molecule has 2 nitrogen and oxygen atoms in total. The molecule has 0 radical (unpaired) electrons. The van der Waals surface area contributed by atoms with E-state index in [4.69, 9.17) is 5.11 Å². The summed E-state index contributed by atoms with van der Waals surface area (Å²) < 4.78 is 0. The van der Waals surface area contributed by atoms with E-state index in [-0.39, 0.29) is 12.6 Å². The lowest BCUT2D eigenvalue weighted by atomic mass is 10.1. The highest BCUT2D eigenvalue weighted by atomic mass is 16.3. The Bertz CT molecular complexity index is 124. The van der Waals surface area contributed by atoms with Crippen molar-refractivity contribution in [3.63, 3.8) is 0 Å². The van der Waals surface area contributed by atoms with Crippen LogP contribution in [0.15, 0.2) is 0 Å². The molecule has 2 atom stereocenters. The summed E-state index contributed by atoms with van der Waals surface area (Å²) in [7, 11) is 0. The lowest BCUT2D eigenvalue weighted by Gasteiger charge is -2.20. The third-order valence-electron chi connectivity index (χ3n) is 2.97. The molecule has 0 saturated heterocycles. The molecule has 0 aromatic carbocycles. The van der Waals surface area contributed by atoms with E-state index in [9.17, 15) is 0 Å². The van der Waals surface area contributed by atoms with Gasteiger partial charge in [0.1, 0.15) is 0 Å². The quantitative estimate of drug-likeness (QED) is 0.549. The van der Waals surface area contributed by atoms with Crippen LogP contribution in [0.3, 0.4) is 0 Å². The maximum atomic E-state index is 9.05. The lowest BCUT2D eigenvalue weighted by molar-refractivity contribution is 0.227. The molecular weight excluding hydrogens is 186 g/mol. The van der Waals surface area contributed by atoms with Gasteiger partial charge in [-0.1, -0.05) is 46.0 Å². The fourth-order valence-corrected chi connectivity index (χ4v) is 1.84. The molecule has 0 aliphatic heterocycles. The molecule has 0 heterocycles. The standard InChI is InChI=1S/C13H29NO/c1-4-6-7-8-9-10-12(3)14-13(5-2)11-15/h12-15H,4-11H2,1-3H3/t12?,13-/m0/s1. The molecule has 0 aliphatic carbocycles. The van der Waals surface area contributed by atoms with Gasteiger partial charge in [0.25, 0.3) is 0 Å². The highest BCUT2D eigenvalue weighted by Gasteiger charge is 2.08. The van der Waals surface area contributed by atoms with Crippen LogP contribution in [0.5, 0.6) is 0 Å². The minimum absolute atomic E-state index is 0.261. The highest BCUT2D eigenvalue weighted by molar-refractivity contribution is 4.69. The van der Waals surface area contributed by atoms with E-state index < -0.39 is 0 Å². The molecule has 1 unspecified atom stereocenters. The summed E-state index contributed by atoms with van der Waals surface area (Å²) in [5, 5.41) is 12.5. The van der Waals surface area contributed by atoms with Crippen LogP contribution in [0.4, 0.5) is 0 Å². The first-order valence-corrected chi connectivity index (χ1v) is 6.61. The largest absolute Gasteiger partial charge is 0.395 e. The summed E-state index contributed by atoms with van der Waals surface area (Å²) in [6.07, 6.45) is 8.98. The van der Waals surface area contributed by atoms with Gasteiger partial charge in [-0.2, -0.15) is 0 Å². The van der Waals surface area contributed by atoms with Crippen molar-refractivity contribution in [2.75, 3.05) is 6.61 Å². The van der Waals surface area contributed by atoms with Crippen molar-refractivity contribution in [1.82, 2.24) is 5.32 Å². The number of rotatable bonds is 10. The van der Waals surface area contributed by atoms with Gasteiger partial charge in [0.2, 0.25) is 0 Å². The molecular formula is C13H29NO. The highest BCUT2D eigenvalue weighted by Crippen LogP contribution is 2.07. The van der Waals surface area contributed by atoms with Gasteiger partial charge in [-0.3, -0.25) is 0 Å². The van der Waals surface area contributed by atoms with Crippen LogP contribution in [0, 0.1) is 0 Å². The number of aliphatic hydroxyl groups excluding tert-OH is 1. The Balaban J connectivity index is 3.35. The second-order valence-corrected chi connectivity index (χ2v) is 4.56. The van der Waals surface area contributed by atoms with Gasteiger partial charge in [0.05, 0.1) is 6.61 Å². The molecule has 0 aromatic rings. The minimum atomic E-state index is 0.261. The van der Waals surface area contributed by atoms with E-state index in [0.29, 0.717) is 6.04 Å². The summed E-state index contributed by atoms with van der Waals surface area (Å²) in [6, 6.07) is 0.833. The Labute approximate surface area is 95.5 Å². The van der Waals surface area contributed by atoms with Crippen LogP contribution in [-0.4, -0.2) is 23.8 Å². The average molecular weight is 215 g/mol. The number of aliphatic hydroxyl groups is 1. The number of hydrogen-bond acceptors (Lipinski definition) is 2. The summed E-state index contributed by atoms with van der Waals surface area (Å²) in [5.41, 5.74) is 0. The van der Waals surface area contributed by atoms with Crippen molar-refractivity contribution < 1.29 is 5.11 Å². The van der Waals surface area contributed by atoms with Gasteiger partial charge in [-0.15, -0.1) is 0 Å². The topological polar surface area (TPSA) is 32.3 Å². The van der Waals surface area contributed by atoms with Crippen LogP contribution in [0.1, 0.15) is 65.7 Å². The van der Waals surface area contributed by atoms with Crippen molar-refractivity contribution in [3.8, 4) is 0 Å². The molecule has 2 N–H and O–H groups in total. The summed E-state index contributed by atoms with van der Waals surface area (Å²) in [4.78, 5) is 0. The van der Waals surface area contributed by atoms with Crippen LogP contribution in [0.2, 0.25) is 0 Å². The van der Waals surface area contributed by atoms with Crippen LogP contribution < -0.4 is 5.32 Å². The van der Waals surface area contributed by atoms with Gasteiger partial charge in [-0.25, -0.2) is 0 Å². The molecule has 0 saturated carbocycles. The first kappa shape index (κ1) is 14.9. The molecule has 0 aliphatic rings. The maximum Gasteiger partial charge on any atom is 0.0584 e. The zero-order valence-electron chi connectivity index (χ0n) is 10.8. The van der Waals surface area contributed by atoms with Gasteiger partial charge < -0.3 is 10.4 Å². The van der Waals surface area contributed by atoms with Crippen molar-refractivity contribution in [3.05, 3.63) is 0 Å². The molecule has 0 aromatic heterocycles. The van der Waals surface area contributed by atoms with Gasteiger partial charge in [0, 0.05) is 12.1 Å². The van der Waals surface area contributed by atoms with Gasteiger partial charge in [-0.05, 0) is 19.8 Å². The predicted octanol–water partition coefficient (Wildman–Crippen LogP) is 3.10. The van der Waals surface area contributed by atoms with E-state index in [0.717, 1.165) is 6.42 Å². The predicted molar refractivity (Wildman–Crippen MR) is 67.1 cm³/mol. The van der Waals surface area contributed by atoms with E-state index in [1.165, 1.54) is 38.5 Å². The first-order chi connectivity index (χ1) is 7.24. The Hall–Kier alpha value is -0.0800. The fourth-order valence-electron chi connectivity index (χ4n) is 1.84. The van der Waals surface area contributed by atoms with E-state index in [2.05, 4.69) is 26.1 Å². The molecule has 0 rings (SSSR count). The Morgan fingerprint density at radius 2 is 1.73 bits per heavy atom. The second-order valence-electron chi connectivity index (χ2n) is 4.56.